The summed E-state index contributed by atoms with van der Waals surface area (Å²) >= 11 is 4.43. The van der Waals surface area contributed by atoms with Crippen LogP contribution in [0, 0.1) is 0 Å². The summed E-state index contributed by atoms with van der Waals surface area (Å²) in [7, 11) is 2.90. The zero-order valence-corrected chi connectivity index (χ0v) is 22.2. The van der Waals surface area contributed by atoms with Crippen LogP contribution in [0.5, 0.6) is 0 Å². The number of carboxylic acids is 1. The van der Waals surface area contributed by atoms with Crippen LogP contribution in [0.1, 0.15) is 6.92 Å². The number of hydrogen-bond donors (Lipinski definition) is 3. The SMILES string of the molecule is COC1(NC(=O)C2SC(=C(C(C)=O)C(N)=O)S2)C(=O)N2C(C(=O)O)=C(CSc3nnnn3C)CSC21. The van der Waals surface area contributed by atoms with E-state index >= 15 is 0 Å². The fourth-order valence-electron chi connectivity index (χ4n) is 3.64. The number of primary amides is 1. The number of nitrogens with two attached hydrogens (primary N) is 1. The second kappa shape index (κ2) is 10.1. The highest BCUT2D eigenvalue weighted by Gasteiger charge is 2.67. The van der Waals surface area contributed by atoms with Gasteiger partial charge in [-0.05, 0) is 22.9 Å². The lowest BCUT2D eigenvalue weighted by Gasteiger charge is -2.56. The van der Waals surface area contributed by atoms with Crippen molar-refractivity contribution < 1.29 is 33.8 Å². The molecule has 2 fully saturated rings. The van der Waals surface area contributed by atoms with E-state index in [-0.39, 0.29) is 22.8 Å². The zero-order valence-electron chi connectivity index (χ0n) is 18.9. The number of methoxy groups -OCH3 is 1. The van der Waals surface area contributed by atoms with Gasteiger partial charge < -0.3 is 20.9 Å². The molecule has 0 aromatic carbocycles. The van der Waals surface area contributed by atoms with Crippen LogP contribution in [0.25, 0.3) is 0 Å². The molecule has 18 heteroatoms. The van der Waals surface area contributed by atoms with Gasteiger partial charge in [0.15, 0.2) is 5.78 Å². The average molecular weight is 574 g/mol. The minimum absolute atomic E-state index is 0.168. The Kier molecular flexibility index (Phi) is 7.42. The Balaban J connectivity index is 1.49. The molecule has 0 radical (unpaired) electrons. The Labute approximate surface area is 220 Å². The maximum absolute atomic E-state index is 13.2. The number of aryl methyl sites for hydroxylation is 1. The predicted molar refractivity (Wildman–Crippen MR) is 131 cm³/mol. The van der Waals surface area contributed by atoms with Crippen LogP contribution in [0.4, 0.5) is 0 Å². The first-order chi connectivity index (χ1) is 17.0. The van der Waals surface area contributed by atoms with Crippen molar-refractivity contribution in [3.8, 4) is 0 Å². The number of carbonyl (C=O) groups is 5. The number of ketones is 1. The molecule has 4 N–H and O–H groups in total. The molecule has 2 atom stereocenters. The highest BCUT2D eigenvalue weighted by molar-refractivity contribution is 8.39. The quantitative estimate of drug-likeness (QED) is 0.0820. The van der Waals surface area contributed by atoms with E-state index in [1.54, 1.807) is 7.05 Å². The van der Waals surface area contributed by atoms with E-state index in [1.165, 1.54) is 42.2 Å². The van der Waals surface area contributed by atoms with E-state index < -0.39 is 45.2 Å². The maximum atomic E-state index is 13.2. The van der Waals surface area contributed by atoms with Gasteiger partial charge >= 0.3 is 5.97 Å². The number of aliphatic carboxylic acids is 1. The number of tetrazole rings is 1. The molecule has 3 amide bonds. The number of carbonyl (C=O) groups excluding carboxylic acids is 4. The molecular formula is C18H19N7O7S4. The van der Waals surface area contributed by atoms with Crippen molar-refractivity contribution >= 4 is 76.5 Å². The van der Waals surface area contributed by atoms with Crippen LogP contribution in [0.2, 0.25) is 0 Å². The predicted octanol–water partition coefficient (Wildman–Crippen LogP) is -0.893. The Morgan fingerprint density at radius 2 is 2.03 bits per heavy atom. The van der Waals surface area contributed by atoms with Crippen molar-refractivity contribution in [3.63, 3.8) is 0 Å². The zero-order chi connectivity index (χ0) is 26.4. The number of fused-ring (bicyclic) bond motifs is 1. The molecule has 0 bridgehead atoms. The molecule has 2 saturated heterocycles. The maximum Gasteiger partial charge on any atom is 0.352 e. The molecule has 3 aliphatic rings. The van der Waals surface area contributed by atoms with Gasteiger partial charge in [0.25, 0.3) is 17.5 Å². The Hall–Kier alpha value is -2.54. The van der Waals surface area contributed by atoms with Crippen molar-refractivity contribution in [2.45, 2.75) is 27.8 Å². The molecule has 3 aliphatic heterocycles. The number of ether oxygens (including phenoxy) is 1. The summed E-state index contributed by atoms with van der Waals surface area (Å²) in [6.45, 7) is 1.20. The number of hydrogen-bond acceptors (Lipinski definition) is 13. The van der Waals surface area contributed by atoms with Gasteiger partial charge in [0.1, 0.15) is 21.2 Å². The number of nitrogens with zero attached hydrogens (tertiary/aromatic N) is 5. The van der Waals surface area contributed by atoms with Crippen molar-refractivity contribution in [1.29, 1.82) is 0 Å². The van der Waals surface area contributed by atoms with E-state index in [2.05, 4.69) is 20.8 Å². The molecule has 4 heterocycles. The van der Waals surface area contributed by atoms with E-state index in [0.29, 0.717) is 15.0 Å². The normalized spacial score (nSPS) is 25.0. The van der Waals surface area contributed by atoms with Crippen molar-refractivity contribution in [2.75, 3.05) is 18.6 Å². The fraction of sp³-hybridized carbons (Fsp3) is 0.444. The molecule has 1 aromatic rings. The smallest absolute Gasteiger partial charge is 0.352 e. The summed E-state index contributed by atoms with van der Waals surface area (Å²) in [4.78, 5) is 62.5. The standard InChI is InChI=1S/C18H19N7O7S4/c1-6(26)8(10(19)27)13-35-14(36-13)11(28)20-18(32-3)15(31)25-9(12(29)30)7(4-33-16(18)25)5-34-17-21-22-23-24(17)2/h14,16H,4-5H2,1-3H3,(H2,19,27)(H,20,28)(H,29,30). The van der Waals surface area contributed by atoms with Crippen LogP contribution in [-0.4, -0.2) is 94.0 Å². The van der Waals surface area contributed by atoms with Gasteiger partial charge in [-0.15, -0.1) is 16.9 Å². The summed E-state index contributed by atoms with van der Waals surface area (Å²) < 4.78 is 6.46. The first kappa shape index (κ1) is 26.5. The summed E-state index contributed by atoms with van der Waals surface area (Å²) in [6.07, 6.45) is 0. The third kappa shape index (κ3) is 4.40. The summed E-state index contributed by atoms with van der Waals surface area (Å²) in [5, 5.41) is 23.3. The van der Waals surface area contributed by atoms with E-state index in [9.17, 15) is 29.1 Å². The molecule has 4 rings (SSSR count). The molecule has 36 heavy (non-hydrogen) atoms. The first-order valence-electron chi connectivity index (χ1n) is 10.0. The van der Waals surface area contributed by atoms with Gasteiger partial charge in [-0.1, -0.05) is 35.3 Å². The highest BCUT2D eigenvalue weighted by Crippen LogP contribution is 2.53. The number of aromatic nitrogens is 4. The average Bonchev–Trinajstić information content (AvgIpc) is 3.20. The number of nitrogens with one attached hydrogen (secondary N) is 1. The number of β-lactam (4-membered cyclic amide) rings is 1. The third-order valence-corrected chi connectivity index (χ3v) is 10.7. The molecule has 192 valence electrons. The van der Waals surface area contributed by atoms with Crippen molar-refractivity contribution in [1.82, 2.24) is 30.4 Å². The number of amides is 3. The fourth-order valence-corrected chi connectivity index (χ4v) is 8.39. The van der Waals surface area contributed by atoms with Crippen molar-refractivity contribution in [3.05, 3.63) is 21.1 Å². The summed E-state index contributed by atoms with van der Waals surface area (Å²) in [5.41, 5.74) is 3.63. The molecule has 2 unspecified atom stereocenters. The first-order valence-corrected chi connectivity index (χ1v) is 13.8. The lowest BCUT2D eigenvalue weighted by Crippen LogP contribution is -2.81. The minimum atomic E-state index is -1.76. The monoisotopic (exact) mass is 573 g/mol. The highest BCUT2D eigenvalue weighted by atomic mass is 32.3. The van der Waals surface area contributed by atoms with Gasteiger partial charge in [0.2, 0.25) is 11.1 Å². The van der Waals surface area contributed by atoms with Gasteiger partial charge in [-0.25, -0.2) is 9.48 Å². The van der Waals surface area contributed by atoms with Gasteiger partial charge in [-0.2, -0.15) is 0 Å². The van der Waals surface area contributed by atoms with Gasteiger partial charge in [-0.3, -0.25) is 24.1 Å². The van der Waals surface area contributed by atoms with E-state index in [0.717, 1.165) is 28.4 Å². The second-order valence-electron chi connectivity index (χ2n) is 7.55. The molecule has 0 spiro atoms. The van der Waals surface area contributed by atoms with Crippen LogP contribution in [0.3, 0.4) is 0 Å². The Morgan fingerprint density at radius 3 is 2.56 bits per heavy atom. The summed E-state index contributed by atoms with van der Waals surface area (Å²) in [6, 6.07) is 0. The molecule has 0 saturated carbocycles. The lowest BCUT2D eigenvalue weighted by molar-refractivity contribution is -0.192. The van der Waals surface area contributed by atoms with Gasteiger partial charge in [0.05, 0.1) is 4.24 Å². The number of carboxylic acid groups (broad SMARTS) is 1. The lowest BCUT2D eigenvalue weighted by atomic mass is 9.98. The molecule has 1 aromatic heterocycles. The molecule has 14 nitrogen and oxygen atoms in total. The van der Waals surface area contributed by atoms with Crippen LogP contribution >= 0.6 is 47.0 Å². The van der Waals surface area contributed by atoms with Gasteiger partial charge in [0, 0.05) is 25.7 Å². The minimum Gasteiger partial charge on any atom is -0.477 e. The number of Topliss-reactive ketones (excluding diaryl/α,β-unsaturated/α-hetero) is 1. The topological polar surface area (TPSA) is 200 Å². The second-order valence-corrected chi connectivity index (χ2v) is 12.3. The van der Waals surface area contributed by atoms with Crippen molar-refractivity contribution in [2.24, 2.45) is 12.8 Å². The molecular weight excluding hydrogens is 555 g/mol. The third-order valence-electron chi connectivity index (χ3n) is 5.35. The Bertz CT molecular complexity index is 1220. The van der Waals surface area contributed by atoms with Crippen LogP contribution in [0.15, 0.2) is 26.2 Å². The molecule has 0 aliphatic carbocycles. The number of thioether (sulfide) groups is 4. The largest absolute Gasteiger partial charge is 0.477 e. The van der Waals surface area contributed by atoms with E-state index in [1.807, 2.05) is 0 Å². The van der Waals surface area contributed by atoms with Crippen LogP contribution in [-0.2, 0) is 35.8 Å². The van der Waals surface area contributed by atoms with E-state index in [4.69, 9.17) is 10.5 Å². The summed E-state index contributed by atoms with van der Waals surface area (Å²) in [5.74, 6) is -3.45. The Morgan fingerprint density at radius 1 is 1.33 bits per heavy atom. The van der Waals surface area contributed by atoms with Crippen LogP contribution < -0.4 is 11.1 Å². The number of rotatable bonds is 9.